The van der Waals surface area contributed by atoms with Crippen LogP contribution in [-0.2, 0) is 19.6 Å². The molecule has 140 valence electrons. The van der Waals surface area contributed by atoms with Crippen molar-refractivity contribution in [1.29, 1.82) is 0 Å². The number of sulfonamides is 1. The molecule has 5 nitrogen and oxygen atoms in total. The maximum absolute atomic E-state index is 13.2. The quantitative estimate of drug-likeness (QED) is 0.611. The number of carbonyl (C=O) groups is 1. The SMILES string of the molecule is COC(=O)CC(C)N(c1cc(Cl)ccc1Cl)S(=O)(=O)c1ccc(Cl)cc1. The molecular formula is C17H16Cl3NO4S. The van der Waals surface area contributed by atoms with Crippen molar-refractivity contribution in [3.63, 3.8) is 0 Å². The van der Waals surface area contributed by atoms with Gasteiger partial charge in [-0.2, -0.15) is 0 Å². The normalized spacial score (nSPS) is 12.5. The second-order valence-electron chi connectivity index (χ2n) is 5.48. The third-order valence-electron chi connectivity index (χ3n) is 3.61. The van der Waals surface area contributed by atoms with Crippen LogP contribution in [0.4, 0.5) is 5.69 Å². The summed E-state index contributed by atoms with van der Waals surface area (Å²) in [6.07, 6.45) is -0.161. The van der Waals surface area contributed by atoms with E-state index in [0.717, 1.165) is 4.31 Å². The number of methoxy groups -OCH3 is 1. The van der Waals surface area contributed by atoms with E-state index in [4.69, 9.17) is 34.8 Å². The highest BCUT2D eigenvalue weighted by Gasteiger charge is 2.32. The van der Waals surface area contributed by atoms with E-state index in [1.807, 2.05) is 0 Å². The number of hydrogen-bond acceptors (Lipinski definition) is 4. The summed E-state index contributed by atoms with van der Waals surface area (Å²) in [5.74, 6) is -0.549. The third kappa shape index (κ3) is 4.62. The molecule has 0 heterocycles. The summed E-state index contributed by atoms with van der Waals surface area (Å²) >= 11 is 18.1. The first kappa shape index (κ1) is 20.8. The Balaban J connectivity index is 2.61. The van der Waals surface area contributed by atoms with Crippen molar-refractivity contribution in [2.24, 2.45) is 0 Å². The number of benzene rings is 2. The van der Waals surface area contributed by atoms with Gasteiger partial charge in [-0.1, -0.05) is 34.8 Å². The number of anilines is 1. The minimum Gasteiger partial charge on any atom is -0.469 e. The molecule has 0 bridgehead atoms. The molecule has 0 saturated heterocycles. The molecule has 0 saturated carbocycles. The van der Waals surface area contributed by atoms with Crippen molar-refractivity contribution in [2.45, 2.75) is 24.3 Å². The van der Waals surface area contributed by atoms with E-state index in [2.05, 4.69) is 4.74 Å². The number of ether oxygens (including phenoxy) is 1. The Kier molecular flexibility index (Phi) is 6.80. The van der Waals surface area contributed by atoms with Crippen LogP contribution in [0.1, 0.15) is 13.3 Å². The average Bonchev–Trinajstić information content (AvgIpc) is 2.58. The first-order valence-corrected chi connectivity index (χ1v) is 10.1. The molecule has 0 spiro atoms. The van der Waals surface area contributed by atoms with Crippen molar-refractivity contribution in [1.82, 2.24) is 0 Å². The van der Waals surface area contributed by atoms with Gasteiger partial charge in [0, 0.05) is 10.0 Å². The Hall–Kier alpha value is -1.47. The first-order valence-electron chi connectivity index (χ1n) is 7.48. The zero-order chi connectivity index (χ0) is 19.5. The number of nitrogens with zero attached hydrogens (tertiary/aromatic N) is 1. The molecule has 0 fully saturated rings. The third-order valence-corrected chi connectivity index (χ3v) is 6.36. The van der Waals surface area contributed by atoms with Gasteiger partial charge in [0.25, 0.3) is 10.0 Å². The number of carbonyl (C=O) groups excluding carboxylic acids is 1. The van der Waals surface area contributed by atoms with Crippen molar-refractivity contribution in [3.8, 4) is 0 Å². The van der Waals surface area contributed by atoms with Crippen LogP contribution in [0.5, 0.6) is 0 Å². The fraction of sp³-hybridized carbons (Fsp3) is 0.235. The zero-order valence-electron chi connectivity index (χ0n) is 13.9. The molecule has 26 heavy (non-hydrogen) atoms. The molecule has 0 N–H and O–H groups in total. The van der Waals surface area contributed by atoms with Crippen LogP contribution in [-0.4, -0.2) is 27.5 Å². The molecule has 2 aromatic rings. The molecule has 0 aliphatic heterocycles. The van der Waals surface area contributed by atoms with Crippen LogP contribution in [0.2, 0.25) is 15.1 Å². The fourth-order valence-corrected chi connectivity index (χ4v) is 4.60. The van der Waals surface area contributed by atoms with E-state index in [9.17, 15) is 13.2 Å². The van der Waals surface area contributed by atoms with Gasteiger partial charge in [-0.05, 0) is 49.4 Å². The lowest BCUT2D eigenvalue weighted by Crippen LogP contribution is -2.40. The van der Waals surface area contributed by atoms with E-state index in [1.165, 1.54) is 43.5 Å². The molecule has 0 aliphatic carbocycles. The number of hydrogen-bond donors (Lipinski definition) is 0. The lowest BCUT2D eigenvalue weighted by atomic mass is 10.2. The predicted molar refractivity (Wildman–Crippen MR) is 104 cm³/mol. The molecule has 9 heteroatoms. The number of esters is 1. The summed E-state index contributed by atoms with van der Waals surface area (Å²) in [6.45, 7) is 1.58. The molecular weight excluding hydrogens is 421 g/mol. The van der Waals surface area contributed by atoms with E-state index in [-0.39, 0.29) is 22.0 Å². The summed E-state index contributed by atoms with van der Waals surface area (Å²) < 4.78 is 32.2. The van der Waals surface area contributed by atoms with E-state index >= 15 is 0 Å². The summed E-state index contributed by atoms with van der Waals surface area (Å²) in [7, 11) is -2.80. The minimum absolute atomic E-state index is 0.00894. The number of rotatable bonds is 6. The second kappa shape index (κ2) is 8.48. The maximum atomic E-state index is 13.2. The first-order chi connectivity index (χ1) is 12.2. The molecule has 1 unspecified atom stereocenters. The standard InChI is InChI=1S/C17H16Cl3NO4S/c1-11(9-17(22)25-2)21(16-10-13(19)5-8-15(16)20)26(23,24)14-6-3-12(18)4-7-14/h3-8,10-11H,9H2,1-2H3. The van der Waals surface area contributed by atoms with Crippen LogP contribution < -0.4 is 4.31 Å². The van der Waals surface area contributed by atoms with Gasteiger partial charge in [0.05, 0.1) is 35.2 Å². The Bertz CT molecular complexity index is 901. The van der Waals surface area contributed by atoms with Gasteiger partial charge in [0.15, 0.2) is 0 Å². The Morgan fingerprint density at radius 2 is 1.65 bits per heavy atom. The van der Waals surface area contributed by atoms with Crippen LogP contribution in [0.15, 0.2) is 47.4 Å². The van der Waals surface area contributed by atoms with Crippen LogP contribution in [0.3, 0.4) is 0 Å². The van der Waals surface area contributed by atoms with Gasteiger partial charge < -0.3 is 4.74 Å². The number of halogens is 3. The van der Waals surface area contributed by atoms with Gasteiger partial charge in [-0.15, -0.1) is 0 Å². The maximum Gasteiger partial charge on any atom is 0.307 e. The van der Waals surface area contributed by atoms with Crippen LogP contribution in [0.25, 0.3) is 0 Å². The van der Waals surface area contributed by atoms with Gasteiger partial charge in [0.1, 0.15) is 0 Å². The smallest absolute Gasteiger partial charge is 0.307 e. The van der Waals surface area contributed by atoms with Crippen molar-refractivity contribution in [2.75, 3.05) is 11.4 Å². The molecule has 2 aromatic carbocycles. The highest BCUT2D eigenvalue weighted by atomic mass is 35.5. The van der Waals surface area contributed by atoms with E-state index in [0.29, 0.717) is 10.0 Å². The monoisotopic (exact) mass is 435 g/mol. The Morgan fingerprint density at radius 1 is 1.08 bits per heavy atom. The Morgan fingerprint density at radius 3 is 2.23 bits per heavy atom. The second-order valence-corrected chi connectivity index (χ2v) is 8.57. The summed E-state index contributed by atoms with van der Waals surface area (Å²) in [6, 6.07) is 9.42. The lowest BCUT2D eigenvalue weighted by molar-refractivity contribution is -0.140. The van der Waals surface area contributed by atoms with Crippen LogP contribution in [0, 0.1) is 0 Å². The van der Waals surface area contributed by atoms with Gasteiger partial charge >= 0.3 is 5.97 Å². The molecule has 0 radical (unpaired) electrons. The Labute approximate surface area is 167 Å². The van der Waals surface area contributed by atoms with Crippen LogP contribution >= 0.6 is 34.8 Å². The molecule has 0 aliphatic rings. The molecule has 2 rings (SSSR count). The fourth-order valence-electron chi connectivity index (χ4n) is 2.39. The lowest BCUT2D eigenvalue weighted by Gasteiger charge is -2.30. The van der Waals surface area contributed by atoms with Gasteiger partial charge in [-0.3, -0.25) is 9.10 Å². The largest absolute Gasteiger partial charge is 0.469 e. The summed E-state index contributed by atoms with van der Waals surface area (Å²) in [5, 5.41) is 0.897. The molecule has 0 aromatic heterocycles. The zero-order valence-corrected chi connectivity index (χ0v) is 17.0. The molecule has 1 atom stereocenters. The van der Waals surface area contributed by atoms with Gasteiger partial charge in [0.2, 0.25) is 0 Å². The highest BCUT2D eigenvalue weighted by Crippen LogP contribution is 2.35. The van der Waals surface area contributed by atoms with Crippen molar-refractivity contribution in [3.05, 3.63) is 57.5 Å². The van der Waals surface area contributed by atoms with Crippen molar-refractivity contribution < 1.29 is 17.9 Å². The highest BCUT2D eigenvalue weighted by molar-refractivity contribution is 7.92. The van der Waals surface area contributed by atoms with Gasteiger partial charge in [-0.25, -0.2) is 8.42 Å². The minimum atomic E-state index is -4.04. The topological polar surface area (TPSA) is 63.7 Å². The average molecular weight is 437 g/mol. The predicted octanol–water partition coefficient (Wildman–Crippen LogP) is 4.79. The van der Waals surface area contributed by atoms with E-state index in [1.54, 1.807) is 13.0 Å². The molecule has 0 amide bonds. The van der Waals surface area contributed by atoms with Crippen molar-refractivity contribution >= 4 is 56.5 Å². The summed E-state index contributed by atoms with van der Waals surface area (Å²) in [4.78, 5) is 11.7. The summed E-state index contributed by atoms with van der Waals surface area (Å²) in [5.41, 5.74) is 0.172. The van der Waals surface area contributed by atoms with E-state index < -0.39 is 22.0 Å².